The summed E-state index contributed by atoms with van der Waals surface area (Å²) in [6.07, 6.45) is 0.802. The van der Waals surface area contributed by atoms with Crippen molar-refractivity contribution in [1.82, 2.24) is 0 Å². The third-order valence-electron chi connectivity index (χ3n) is 4.58. The van der Waals surface area contributed by atoms with Gasteiger partial charge >= 0.3 is 0 Å². The summed E-state index contributed by atoms with van der Waals surface area (Å²) < 4.78 is 33.4. The van der Waals surface area contributed by atoms with Gasteiger partial charge in [-0.15, -0.1) is 0 Å². The molecule has 3 aromatic carbocycles. The third-order valence-corrected chi connectivity index (χ3v) is 6.22. The highest BCUT2D eigenvalue weighted by atomic mass is 35.5. The third kappa shape index (κ3) is 5.99. The molecular weight excluding hydrogens is 436 g/mol. The van der Waals surface area contributed by atoms with Crippen molar-refractivity contribution in [3.05, 3.63) is 82.9 Å². The summed E-state index contributed by atoms with van der Waals surface area (Å²) in [4.78, 5) is 12.4. The van der Waals surface area contributed by atoms with Crippen LogP contribution in [0.1, 0.15) is 18.1 Å². The van der Waals surface area contributed by atoms with Crippen LogP contribution in [-0.4, -0.2) is 20.9 Å². The minimum atomic E-state index is -3.77. The van der Waals surface area contributed by atoms with Gasteiger partial charge in [0.05, 0.1) is 4.90 Å². The van der Waals surface area contributed by atoms with E-state index >= 15 is 0 Å². The van der Waals surface area contributed by atoms with Crippen LogP contribution in [0.15, 0.2) is 71.6 Å². The van der Waals surface area contributed by atoms with E-state index in [1.54, 1.807) is 37.3 Å². The number of rotatable bonds is 8. The van der Waals surface area contributed by atoms with Crippen molar-refractivity contribution in [3.63, 3.8) is 0 Å². The first-order valence-electron chi connectivity index (χ1n) is 9.68. The number of carbonyl (C=O) groups excluding carboxylic acids is 1. The van der Waals surface area contributed by atoms with Crippen LogP contribution in [-0.2, 0) is 21.2 Å². The van der Waals surface area contributed by atoms with Gasteiger partial charge in [0.15, 0.2) is 6.61 Å². The van der Waals surface area contributed by atoms with Gasteiger partial charge in [0.25, 0.3) is 15.9 Å². The maximum absolute atomic E-state index is 12.6. The molecule has 0 fully saturated rings. The van der Waals surface area contributed by atoms with Crippen molar-refractivity contribution >= 4 is 38.9 Å². The molecule has 0 aliphatic carbocycles. The molecule has 0 unspecified atom stereocenters. The second kappa shape index (κ2) is 9.85. The maximum atomic E-state index is 12.6. The van der Waals surface area contributed by atoms with Crippen LogP contribution in [0.5, 0.6) is 5.75 Å². The maximum Gasteiger partial charge on any atom is 0.262 e. The Kier molecular flexibility index (Phi) is 7.20. The van der Waals surface area contributed by atoms with Crippen LogP contribution in [0.4, 0.5) is 11.4 Å². The lowest BCUT2D eigenvalue weighted by atomic mass is 10.1. The largest absolute Gasteiger partial charge is 0.483 e. The van der Waals surface area contributed by atoms with Crippen LogP contribution in [0.2, 0.25) is 5.02 Å². The Morgan fingerprint density at radius 1 is 1.03 bits per heavy atom. The zero-order chi connectivity index (χ0) is 22.4. The number of ether oxygens (including phenoxy) is 1. The highest BCUT2D eigenvalue weighted by molar-refractivity contribution is 7.92. The number of hydrogen-bond donors (Lipinski definition) is 2. The lowest BCUT2D eigenvalue weighted by Crippen LogP contribution is -2.21. The molecular formula is C23H23ClN2O4S. The number of aryl methyl sites for hydroxylation is 2. The highest BCUT2D eigenvalue weighted by Gasteiger charge is 2.16. The Balaban J connectivity index is 1.65. The molecule has 31 heavy (non-hydrogen) atoms. The van der Waals surface area contributed by atoms with E-state index in [9.17, 15) is 13.2 Å². The molecule has 0 bridgehead atoms. The first-order chi connectivity index (χ1) is 14.8. The topological polar surface area (TPSA) is 84.5 Å². The second-order valence-corrected chi connectivity index (χ2v) is 9.01. The van der Waals surface area contributed by atoms with Gasteiger partial charge in [-0.25, -0.2) is 8.42 Å². The van der Waals surface area contributed by atoms with E-state index in [0.29, 0.717) is 22.0 Å². The van der Waals surface area contributed by atoms with E-state index in [2.05, 4.69) is 10.0 Å². The van der Waals surface area contributed by atoms with Gasteiger partial charge in [-0.2, -0.15) is 0 Å². The number of carbonyl (C=O) groups is 1. The summed E-state index contributed by atoms with van der Waals surface area (Å²) in [5.41, 5.74) is 2.80. The van der Waals surface area contributed by atoms with Gasteiger partial charge in [-0.05, 0) is 73.0 Å². The highest BCUT2D eigenvalue weighted by Crippen LogP contribution is 2.24. The number of anilines is 2. The number of sulfonamides is 1. The molecule has 0 radical (unpaired) electrons. The normalized spacial score (nSPS) is 11.1. The number of nitrogens with one attached hydrogen (secondary N) is 2. The van der Waals surface area contributed by atoms with Gasteiger partial charge in [0, 0.05) is 16.4 Å². The van der Waals surface area contributed by atoms with Crippen molar-refractivity contribution in [3.8, 4) is 5.75 Å². The lowest BCUT2D eigenvalue weighted by Gasteiger charge is -2.13. The fraction of sp³-hybridized carbons (Fsp3) is 0.174. The van der Waals surface area contributed by atoms with Crippen LogP contribution in [0, 0.1) is 6.92 Å². The number of amides is 1. The quantitative estimate of drug-likeness (QED) is 0.495. The average molecular weight is 459 g/mol. The molecule has 0 heterocycles. The molecule has 3 aromatic rings. The summed E-state index contributed by atoms with van der Waals surface area (Å²) in [6, 6.07) is 18.4. The van der Waals surface area contributed by atoms with Crippen LogP contribution in [0.3, 0.4) is 0 Å². The summed E-state index contributed by atoms with van der Waals surface area (Å²) in [7, 11) is -3.77. The first-order valence-corrected chi connectivity index (χ1v) is 11.5. The molecule has 8 heteroatoms. The van der Waals surface area contributed by atoms with E-state index in [1.807, 2.05) is 31.2 Å². The summed E-state index contributed by atoms with van der Waals surface area (Å²) in [5, 5.41) is 3.36. The standard InChI is InChI=1S/C23H23ClN2O4S/c1-3-17-6-4-5-7-21(17)25-23(27)15-30-22-13-12-20(14-16(22)2)31(28,29)26-19-10-8-18(24)9-11-19/h4-14,26H,3,15H2,1-2H3,(H,25,27). The Morgan fingerprint density at radius 3 is 2.42 bits per heavy atom. The zero-order valence-corrected chi connectivity index (χ0v) is 18.8. The second-order valence-electron chi connectivity index (χ2n) is 6.89. The van der Waals surface area contributed by atoms with E-state index in [0.717, 1.165) is 17.7 Å². The molecule has 0 aliphatic heterocycles. The van der Waals surface area contributed by atoms with Crippen molar-refractivity contribution < 1.29 is 17.9 Å². The minimum absolute atomic E-state index is 0.0913. The monoisotopic (exact) mass is 458 g/mol. The van der Waals surface area contributed by atoms with E-state index in [1.165, 1.54) is 12.1 Å². The van der Waals surface area contributed by atoms with Crippen molar-refractivity contribution in [2.75, 3.05) is 16.6 Å². The molecule has 0 aromatic heterocycles. The van der Waals surface area contributed by atoms with Gasteiger partial charge in [-0.1, -0.05) is 36.7 Å². The molecule has 3 rings (SSSR count). The molecule has 0 spiro atoms. The molecule has 0 saturated heterocycles. The average Bonchev–Trinajstić information content (AvgIpc) is 2.74. The Hall–Kier alpha value is -3.03. The molecule has 0 saturated carbocycles. The minimum Gasteiger partial charge on any atom is -0.483 e. The molecule has 6 nitrogen and oxygen atoms in total. The molecule has 2 N–H and O–H groups in total. The Bertz CT molecular complexity index is 1180. The first kappa shape index (κ1) is 22.7. The Morgan fingerprint density at radius 2 is 1.74 bits per heavy atom. The molecule has 0 aliphatic rings. The van der Waals surface area contributed by atoms with Gasteiger partial charge in [0.1, 0.15) is 5.75 Å². The fourth-order valence-corrected chi connectivity index (χ4v) is 4.23. The molecule has 1 amide bonds. The van der Waals surface area contributed by atoms with Crippen LogP contribution in [0.25, 0.3) is 0 Å². The van der Waals surface area contributed by atoms with E-state index in [4.69, 9.17) is 16.3 Å². The SMILES string of the molecule is CCc1ccccc1NC(=O)COc1ccc(S(=O)(=O)Nc2ccc(Cl)cc2)cc1C. The van der Waals surface area contributed by atoms with Crippen molar-refractivity contribution in [2.45, 2.75) is 25.2 Å². The predicted octanol–water partition coefficient (Wildman–Crippen LogP) is 5.03. The van der Waals surface area contributed by atoms with E-state index in [-0.39, 0.29) is 17.4 Å². The number of hydrogen-bond acceptors (Lipinski definition) is 4. The number of halogens is 1. The molecule has 0 atom stereocenters. The number of para-hydroxylation sites is 1. The summed E-state index contributed by atoms with van der Waals surface area (Å²) >= 11 is 5.83. The van der Waals surface area contributed by atoms with Crippen LogP contribution < -0.4 is 14.8 Å². The van der Waals surface area contributed by atoms with Crippen LogP contribution >= 0.6 is 11.6 Å². The van der Waals surface area contributed by atoms with Gasteiger partial charge < -0.3 is 10.1 Å². The zero-order valence-electron chi connectivity index (χ0n) is 17.2. The Labute approximate surface area is 187 Å². The summed E-state index contributed by atoms with van der Waals surface area (Å²) in [5.74, 6) is 0.144. The lowest BCUT2D eigenvalue weighted by molar-refractivity contribution is -0.118. The smallest absolute Gasteiger partial charge is 0.262 e. The fourth-order valence-electron chi connectivity index (χ4n) is 2.96. The van der Waals surface area contributed by atoms with Gasteiger partial charge in [-0.3, -0.25) is 9.52 Å². The van der Waals surface area contributed by atoms with Gasteiger partial charge in [0.2, 0.25) is 0 Å². The number of benzene rings is 3. The van der Waals surface area contributed by atoms with E-state index < -0.39 is 10.0 Å². The predicted molar refractivity (Wildman–Crippen MR) is 123 cm³/mol. The molecule has 162 valence electrons. The van der Waals surface area contributed by atoms with Crippen molar-refractivity contribution in [1.29, 1.82) is 0 Å². The van der Waals surface area contributed by atoms with Crippen molar-refractivity contribution in [2.24, 2.45) is 0 Å². The summed E-state index contributed by atoms with van der Waals surface area (Å²) in [6.45, 7) is 3.55.